The van der Waals surface area contributed by atoms with Crippen LogP contribution in [0.25, 0.3) is 0 Å². The maximum atomic E-state index is 11.4. The molecule has 0 saturated carbocycles. The predicted molar refractivity (Wildman–Crippen MR) is 61.2 cm³/mol. The number of rotatable bonds is 5. The summed E-state index contributed by atoms with van der Waals surface area (Å²) in [4.78, 5) is 15.7. The van der Waals surface area contributed by atoms with Crippen molar-refractivity contribution in [2.45, 2.75) is 20.0 Å². The van der Waals surface area contributed by atoms with Crippen LogP contribution in [0.5, 0.6) is 0 Å². The van der Waals surface area contributed by atoms with Crippen LogP contribution in [0.15, 0.2) is 0 Å². The summed E-state index contributed by atoms with van der Waals surface area (Å²) in [7, 11) is 0. The first kappa shape index (κ1) is 13.4. The van der Waals surface area contributed by atoms with Crippen LogP contribution in [0.1, 0.15) is 13.8 Å². The summed E-state index contributed by atoms with van der Waals surface area (Å²) in [6.07, 6.45) is -0.0387. The molecule has 0 unspecified atom stereocenters. The molecule has 0 aromatic rings. The summed E-state index contributed by atoms with van der Waals surface area (Å²) in [6, 6.07) is 0. The largest absolute Gasteiger partial charge is 0.462 e. The molecule has 1 saturated heterocycles. The van der Waals surface area contributed by atoms with E-state index in [-0.39, 0.29) is 18.7 Å². The first-order valence-electron chi connectivity index (χ1n) is 5.87. The zero-order valence-electron chi connectivity index (χ0n) is 10.2. The first-order chi connectivity index (χ1) is 7.61. The van der Waals surface area contributed by atoms with Crippen molar-refractivity contribution in [3.63, 3.8) is 0 Å². The molecule has 0 bridgehead atoms. The molecule has 1 rings (SSSR count). The fourth-order valence-corrected chi connectivity index (χ4v) is 1.80. The van der Waals surface area contributed by atoms with Gasteiger partial charge in [-0.3, -0.25) is 14.6 Å². The van der Waals surface area contributed by atoms with Crippen molar-refractivity contribution in [2.75, 3.05) is 45.9 Å². The predicted octanol–water partition coefficient (Wildman–Crippen LogP) is -0.452. The van der Waals surface area contributed by atoms with Gasteiger partial charge in [-0.05, 0) is 13.8 Å². The lowest BCUT2D eigenvalue weighted by Gasteiger charge is -2.33. The molecule has 1 aliphatic heterocycles. The van der Waals surface area contributed by atoms with Gasteiger partial charge in [0.05, 0.1) is 19.3 Å². The number of carbonyl (C=O) groups excluding carboxylic acids is 1. The third-order valence-electron chi connectivity index (χ3n) is 2.60. The minimum Gasteiger partial charge on any atom is -0.462 e. The van der Waals surface area contributed by atoms with Gasteiger partial charge in [-0.15, -0.1) is 0 Å². The van der Waals surface area contributed by atoms with Gasteiger partial charge in [0.1, 0.15) is 0 Å². The molecule has 0 aromatic carbocycles. The molecule has 1 aliphatic rings. The molecule has 1 N–H and O–H groups in total. The summed E-state index contributed by atoms with van der Waals surface area (Å²) in [5.74, 6) is -0.148. The van der Waals surface area contributed by atoms with Crippen molar-refractivity contribution >= 4 is 5.97 Å². The third kappa shape index (κ3) is 4.92. The van der Waals surface area contributed by atoms with Crippen molar-refractivity contribution in [3.05, 3.63) is 0 Å². The average molecular weight is 230 g/mol. The van der Waals surface area contributed by atoms with Crippen LogP contribution in [0.4, 0.5) is 0 Å². The van der Waals surface area contributed by atoms with E-state index in [4.69, 9.17) is 9.84 Å². The Kier molecular flexibility index (Phi) is 5.73. The fraction of sp³-hybridized carbons (Fsp3) is 0.909. The number of aliphatic hydroxyl groups is 1. The van der Waals surface area contributed by atoms with Crippen LogP contribution in [0.3, 0.4) is 0 Å². The molecule has 1 fully saturated rings. The molecule has 5 nitrogen and oxygen atoms in total. The Morgan fingerprint density at radius 1 is 1.25 bits per heavy atom. The summed E-state index contributed by atoms with van der Waals surface area (Å²) in [6.45, 7) is 8.59. The highest BCUT2D eigenvalue weighted by Gasteiger charge is 2.19. The van der Waals surface area contributed by atoms with Crippen LogP contribution in [-0.2, 0) is 9.53 Å². The van der Waals surface area contributed by atoms with E-state index in [2.05, 4.69) is 9.80 Å². The number of hydrogen-bond donors (Lipinski definition) is 1. The quantitative estimate of drug-likeness (QED) is 0.648. The zero-order valence-corrected chi connectivity index (χ0v) is 10.2. The fourth-order valence-electron chi connectivity index (χ4n) is 1.80. The van der Waals surface area contributed by atoms with E-state index in [9.17, 15) is 4.79 Å². The molecule has 94 valence electrons. The standard InChI is InChI=1S/C11H22N2O3/c1-10(2)16-11(15)9-13-5-3-12(4-6-13)7-8-14/h10,14H,3-9H2,1-2H3. The lowest BCUT2D eigenvalue weighted by molar-refractivity contribution is -0.149. The van der Waals surface area contributed by atoms with E-state index in [0.717, 1.165) is 32.7 Å². The van der Waals surface area contributed by atoms with Crippen LogP contribution < -0.4 is 0 Å². The Balaban J connectivity index is 2.19. The smallest absolute Gasteiger partial charge is 0.320 e. The number of ether oxygens (including phenoxy) is 1. The molecular formula is C11H22N2O3. The average Bonchev–Trinajstić information content (AvgIpc) is 2.20. The number of esters is 1. The maximum Gasteiger partial charge on any atom is 0.320 e. The van der Waals surface area contributed by atoms with Gasteiger partial charge in [0, 0.05) is 32.7 Å². The van der Waals surface area contributed by atoms with Crippen LogP contribution in [0.2, 0.25) is 0 Å². The maximum absolute atomic E-state index is 11.4. The van der Waals surface area contributed by atoms with E-state index in [1.807, 2.05) is 13.8 Å². The van der Waals surface area contributed by atoms with Crippen LogP contribution in [0, 0.1) is 0 Å². The van der Waals surface area contributed by atoms with Crippen LogP contribution in [-0.4, -0.2) is 72.9 Å². The van der Waals surface area contributed by atoms with Crippen molar-refractivity contribution < 1.29 is 14.6 Å². The Labute approximate surface area is 97.0 Å². The molecule has 0 spiro atoms. The number of β-amino-alcohol motifs (C(OH)–C–C–N with tert-alkyl or cyclic N) is 1. The highest BCUT2D eigenvalue weighted by Crippen LogP contribution is 2.01. The highest BCUT2D eigenvalue weighted by atomic mass is 16.5. The van der Waals surface area contributed by atoms with Gasteiger partial charge in [0.2, 0.25) is 0 Å². The summed E-state index contributed by atoms with van der Waals surface area (Å²) in [5, 5.41) is 8.80. The Morgan fingerprint density at radius 2 is 1.81 bits per heavy atom. The van der Waals surface area contributed by atoms with E-state index in [1.54, 1.807) is 0 Å². The molecule has 5 heteroatoms. The molecule has 0 aliphatic carbocycles. The van der Waals surface area contributed by atoms with Crippen molar-refractivity contribution in [1.82, 2.24) is 9.80 Å². The molecule has 0 aromatic heterocycles. The topological polar surface area (TPSA) is 53.0 Å². The number of piperazine rings is 1. The minimum absolute atomic E-state index is 0.0387. The normalized spacial score (nSPS) is 19.0. The van der Waals surface area contributed by atoms with Gasteiger partial charge < -0.3 is 9.84 Å². The minimum atomic E-state index is -0.148. The molecule has 0 amide bonds. The highest BCUT2D eigenvalue weighted by molar-refractivity contribution is 5.71. The zero-order chi connectivity index (χ0) is 12.0. The van der Waals surface area contributed by atoms with Gasteiger partial charge in [-0.1, -0.05) is 0 Å². The lowest BCUT2D eigenvalue weighted by Crippen LogP contribution is -2.48. The Morgan fingerprint density at radius 3 is 2.31 bits per heavy atom. The number of carbonyl (C=O) groups is 1. The molecule has 1 heterocycles. The van der Waals surface area contributed by atoms with E-state index in [0.29, 0.717) is 6.54 Å². The number of aliphatic hydroxyl groups excluding tert-OH is 1. The van der Waals surface area contributed by atoms with E-state index < -0.39 is 0 Å². The summed E-state index contributed by atoms with van der Waals surface area (Å²) < 4.78 is 5.09. The second-order valence-electron chi connectivity index (χ2n) is 4.38. The van der Waals surface area contributed by atoms with Gasteiger partial charge in [-0.25, -0.2) is 0 Å². The number of nitrogens with zero attached hydrogens (tertiary/aromatic N) is 2. The van der Waals surface area contributed by atoms with Crippen LogP contribution >= 0.6 is 0 Å². The van der Waals surface area contributed by atoms with Gasteiger partial charge >= 0.3 is 5.97 Å². The summed E-state index contributed by atoms with van der Waals surface area (Å²) >= 11 is 0. The summed E-state index contributed by atoms with van der Waals surface area (Å²) in [5.41, 5.74) is 0. The Bertz CT molecular complexity index is 213. The van der Waals surface area contributed by atoms with Gasteiger partial charge in [0.15, 0.2) is 0 Å². The molecule has 0 radical (unpaired) electrons. The van der Waals surface area contributed by atoms with Gasteiger partial charge in [0.25, 0.3) is 0 Å². The second-order valence-corrected chi connectivity index (χ2v) is 4.38. The Hall–Kier alpha value is -0.650. The molecule has 0 atom stereocenters. The number of hydrogen-bond acceptors (Lipinski definition) is 5. The molecule has 16 heavy (non-hydrogen) atoms. The third-order valence-corrected chi connectivity index (χ3v) is 2.60. The molecular weight excluding hydrogens is 208 g/mol. The van der Waals surface area contributed by atoms with E-state index in [1.165, 1.54) is 0 Å². The lowest BCUT2D eigenvalue weighted by atomic mass is 10.3. The monoisotopic (exact) mass is 230 g/mol. The first-order valence-corrected chi connectivity index (χ1v) is 5.87. The second kappa shape index (κ2) is 6.83. The van der Waals surface area contributed by atoms with Crippen molar-refractivity contribution in [3.8, 4) is 0 Å². The van der Waals surface area contributed by atoms with Crippen molar-refractivity contribution in [1.29, 1.82) is 0 Å². The van der Waals surface area contributed by atoms with Gasteiger partial charge in [-0.2, -0.15) is 0 Å². The SMILES string of the molecule is CC(C)OC(=O)CN1CCN(CCO)CC1. The van der Waals surface area contributed by atoms with Crippen molar-refractivity contribution in [2.24, 2.45) is 0 Å². The van der Waals surface area contributed by atoms with E-state index >= 15 is 0 Å².